The molecule has 18 heavy (non-hydrogen) atoms. The Bertz CT molecular complexity index is 575. The summed E-state index contributed by atoms with van der Waals surface area (Å²) in [6.07, 6.45) is 0.532. The zero-order valence-electron chi connectivity index (χ0n) is 10.4. The summed E-state index contributed by atoms with van der Waals surface area (Å²) in [5, 5.41) is 16.7. The molecule has 2 rings (SSSR count). The maximum Gasteiger partial charge on any atom is 0.358 e. The maximum atomic E-state index is 11.1. The van der Waals surface area contributed by atoms with Gasteiger partial charge >= 0.3 is 5.97 Å². The smallest absolute Gasteiger partial charge is 0.358 e. The molecule has 0 spiro atoms. The molecule has 0 unspecified atom stereocenters. The number of nitrogens with zero attached hydrogens (tertiary/aromatic N) is 3. The summed E-state index contributed by atoms with van der Waals surface area (Å²) in [4.78, 5) is 11.1. The predicted molar refractivity (Wildman–Crippen MR) is 66.6 cm³/mol. The topological polar surface area (TPSA) is 68.0 Å². The molecule has 0 saturated carbocycles. The van der Waals surface area contributed by atoms with Crippen molar-refractivity contribution in [3.05, 3.63) is 46.8 Å². The molecule has 94 valence electrons. The lowest BCUT2D eigenvalue weighted by Crippen LogP contribution is -2.08. The average molecular weight is 245 g/mol. The first-order chi connectivity index (χ1) is 8.61. The number of hydrogen-bond acceptors (Lipinski definition) is 3. The Morgan fingerprint density at radius 2 is 2.22 bits per heavy atom. The molecule has 0 aliphatic carbocycles. The van der Waals surface area contributed by atoms with Crippen molar-refractivity contribution in [3.63, 3.8) is 0 Å². The SMILES string of the molecule is CCn1nnc(C(=O)O)c1Cc1cccc(C)c1. The number of carbonyl (C=O) groups is 1. The Labute approximate surface area is 105 Å². The van der Waals surface area contributed by atoms with Gasteiger partial charge in [0.25, 0.3) is 0 Å². The summed E-state index contributed by atoms with van der Waals surface area (Å²) >= 11 is 0. The molecule has 1 N–H and O–H groups in total. The van der Waals surface area contributed by atoms with Crippen LogP contribution in [0.2, 0.25) is 0 Å². The van der Waals surface area contributed by atoms with Gasteiger partial charge in [0.05, 0.1) is 5.69 Å². The first-order valence-corrected chi connectivity index (χ1v) is 5.83. The molecular weight excluding hydrogens is 230 g/mol. The second kappa shape index (κ2) is 5.00. The number of aromatic carboxylic acids is 1. The van der Waals surface area contributed by atoms with Crippen molar-refractivity contribution in [3.8, 4) is 0 Å². The van der Waals surface area contributed by atoms with Crippen LogP contribution in [-0.2, 0) is 13.0 Å². The molecule has 0 aliphatic rings. The third kappa shape index (κ3) is 2.40. The van der Waals surface area contributed by atoms with E-state index in [1.165, 1.54) is 0 Å². The second-order valence-corrected chi connectivity index (χ2v) is 4.17. The number of benzene rings is 1. The van der Waals surface area contributed by atoms with E-state index in [1.54, 1.807) is 4.68 Å². The Balaban J connectivity index is 2.38. The Morgan fingerprint density at radius 3 is 2.83 bits per heavy atom. The summed E-state index contributed by atoms with van der Waals surface area (Å²) < 4.78 is 1.63. The van der Waals surface area contributed by atoms with Gasteiger partial charge in [-0.2, -0.15) is 0 Å². The highest BCUT2D eigenvalue weighted by molar-refractivity contribution is 5.86. The monoisotopic (exact) mass is 245 g/mol. The minimum Gasteiger partial charge on any atom is -0.476 e. The maximum absolute atomic E-state index is 11.1. The van der Waals surface area contributed by atoms with Crippen molar-refractivity contribution in [2.75, 3.05) is 0 Å². The van der Waals surface area contributed by atoms with Crippen molar-refractivity contribution in [1.82, 2.24) is 15.0 Å². The highest BCUT2D eigenvalue weighted by Gasteiger charge is 2.18. The van der Waals surface area contributed by atoms with Crippen LogP contribution in [0.5, 0.6) is 0 Å². The van der Waals surface area contributed by atoms with Crippen molar-refractivity contribution in [2.24, 2.45) is 0 Å². The van der Waals surface area contributed by atoms with Gasteiger partial charge in [-0.3, -0.25) is 0 Å². The minimum absolute atomic E-state index is 0.0401. The highest BCUT2D eigenvalue weighted by atomic mass is 16.4. The standard InChI is InChI=1S/C13H15N3O2/c1-3-16-11(12(13(17)18)14-15-16)8-10-6-4-5-9(2)7-10/h4-7H,3,8H2,1-2H3,(H,17,18). The van der Waals surface area contributed by atoms with E-state index in [2.05, 4.69) is 10.3 Å². The van der Waals surface area contributed by atoms with E-state index >= 15 is 0 Å². The molecule has 0 radical (unpaired) electrons. The number of aromatic nitrogens is 3. The second-order valence-electron chi connectivity index (χ2n) is 4.17. The van der Waals surface area contributed by atoms with Gasteiger partial charge in [-0.15, -0.1) is 5.10 Å². The third-order valence-electron chi connectivity index (χ3n) is 2.79. The molecule has 1 heterocycles. The van der Waals surface area contributed by atoms with Gasteiger partial charge < -0.3 is 5.11 Å². The van der Waals surface area contributed by atoms with Crippen LogP contribution in [-0.4, -0.2) is 26.1 Å². The lowest BCUT2D eigenvalue weighted by Gasteiger charge is -2.05. The Kier molecular flexibility index (Phi) is 3.41. The van der Waals surface area contributed by atoms with Crippen LogP contribution in [0.3, 0.4) is 0 Å². The van der Waals surface area contributed by atoms with Crippen LogP contribution in [0.1, 0.15) is 34.2 Å². The summed E-state index contributed by atoms with van der Waals surface area (Å²) in [6.45, 7) is 4.54. The first-order valence-electron chi connectivity index (χ1n) is 5.83. The summed E-state index contributed by atoms with van der Waals surface area (Å²) in [6, 6.07) is 7.99. The van der Waals surface area contributed by atoms with E-state index in [0.717, 1.165) is 11.1 Å². The largest absolute Gasteiger partial charge is 0.476 e. The zero-order chi connectivity index (χ0) is 13.1. The molecular formula is C13H15N3O2. The molecule has 0 bridgehead atoms. The zero-order valence-corrected chi connectivity index (χ0v) is 10.4. The van der Waals surface area contributed by atoms with Gasteiger partial charge in [0.2, 0.25) is 0 Å². The van der Waals surface area contributed by atoms with E-state index in [9.17, 15) is 4.79 Å². The van der Waals surface area contributed by atoms with Crippen LogP contribution < -0.4 is 0 Å². The molecule has 2 aromatic rings. The molecule has 5 heteroatoms. The average Bonchev–Trinajstić information content (AvgIpc) is 2.72. The van der Waals surface area contributed by atoms with Crippen molar-refractivity contribution in [2.45, 2.75) is 26.8 Å². The molecule has 0 aliphatic heterocycles. The Hall–Kier alpha value is -2.17. The van der Waals surface area contributed by atoms with E-state index < -0.39 is 5.97 Å². The van der Waals surface area contributed by atoms with Gasteiger partial charge in [-0.05, 0) is 19.4 Å². The summed E-state index contributed by atoms with van der Waals surface area (Å²) in [7, 11) is 0. The lowest BCUT2D eigenvalue weighted by atomic mass is 10.1. The third-order valence-corrected chi connectivity index (χ3v) is 2.79. The van der Waals surface area contributed by atoms with Gasteiger partial charge in [0.1, 0.15) is 0 Å². The number of carboxylic acids is 1. The van der Waals surface area contributed by atoms with E-state index in [0.29, 0.717) is 18.7 Å². The number of rotatable bonds is 4. The van der Waals surface area contributed by atoms with E-state index in [-0.39, 0.29) is 5.69 Å². The van der Waals surface area contributed by atoms with Crippen molar-refractivity contribution in [1.29, 1.82) is 0 Å². The molecule has 0 atom stereocenters. The van der Waals surface area contributed by atoms with Gasteiger partial charge in [-0.1, -0.05) is 35.0 Å². The normalized spacial score (nSPS) is 10.6. The summed E-state index contributed by atoms with van der Waals surface area (Å²) in [5.41, 5.74) is 2.91. The molecule has 1 aromatic heterocycles. The minimum atomic E-state index is -1.03. The molecule has 0 amide bonds. The van der Waals surface area contributed by atoms with Gasteiger partial charge in [0, 0.05) is 13.0 Å². The summed E-state index contributed by atoms with van der Waals surface area (Å²) in [5.74, 6) is -1.03. The predicted octanol–water partition coefficient (Wildman–Crippen LogP) is 1.90. The van der Waals surface area contributed by atoms with Gasteiger partial charge in [-0.25, -0.2) is 9.48 Å². The lowest BCUT2D eigenvalue weighted by molar-refractivity contribution is 0.0689. The first kappa shape index (κ1) is 12.3. The van der Waals surface area contributed by atoms with E-state index in [1.807, 2.05) is 38.1 Å². The molecule has 0 saturated heterocycles. The number of carboxylic acid groups (broad SMARTS) is 1. The van der Waals surface area contributed by atoms with Crippen LogP contribution in [0, 0.1) is 6.92 Å². The van der Waals surface area contributed by atoms with Gasteiger partial charge in [0.15, 0.2) is 5.69 Å². The fourth-order valence-corrected chi connectivity index (χ4v) is 1.94. The molecule has 1 aromatic carbocycles. The van der Waals surface area contributed by atoms with Crippen LogP contribution in [0.15, 0.2) is 24.3 Å². The van der Waals surface area contributed by atoms with Crippen LogP contribution in [0.4, 0.5) is 0 Å². The molecule has 5 nitrogen and oxygen atoms in total. The number of aryl methyl sites for hydroxylation is 2. The van der Waals surface area contributed by atoms with Crippen molar-refractivity contribution >= 4 is 5.97 Å². The van der Waals surface area contributed by atoms with Crippen LogP contribution in [0.25, 0.3) is 0 Å². The fourth-order valence-electron chi connectivity index (χ4n) is 1.94. The quantitative estimate of drug-likeness (QED) is 0.893. The van der Waals surface area contributed by atoms with E-state index in [4.69, 9.17) is 5.11 Å². The number of hydrogen-bond donors (Lipinski definition) is 1. The fraction of sp³-hybridized carbons (Fsp3) is 0.308. The molecule has 0 fully saturated rings. The Morgan fingerprint density at radius 1 is 1.44 bits per heavy atom. The van der Waals surface area contributed by atoms with Crippen molar-refractivity contribution < 1.29 is 9.90 Å². The van der Waals surface area contributed by atoms with Crippen LogP contribution >= 0.6 is 0 Å². The highest BCUT2D eigenvalue weighted by Crippen LogP contribution is 2.14.